The maximum Gasteiger partial charge on any atom is 0.350 e. The van der Waals surface area contributed by atoms with E-state index in [9.17, 15) is 0 Å². The van der Waals surface area contributed by atoms with Crippen LogP contribution in [-0.4, -0.2) is 12.1 Å². The summed E-state index contributed by atoms with van der Waals surface area (Å²) >= 11 is 1.40. The molecule has 0 saturated heterocycles. The number of methoxy groups -OCH3 is 1. The molecule has 0 unspecified atom stereocenters. The Hall–Kier alpha value is -2.40. The highest BCUT2D eigenvalue weighted by Crippen LogP contribution is 2.24. The van der Waals surface area contributed by atoms with Gasteiger partial charge in [-0.3, -0.25) is 0 Å². The topological polar surface area (TPSA) is 52.0 Å². The third-order valence-corrected chi connectivity index (χ3v) is 3.76. The number of benzene rings is 2. The molecule has 0 spiro atoms. The van der Waals surface area contributed by atoms with Gasteiger partial charge in [-0.05, 0) is 29.2 Å². The second-order valence-electron chi connectivity index (χ2n) is 4.20. The molecular weight excluding hydrogens is 270 g/mol. The van der Waals surface area contributed by atoms with Crippen molar-refractivity contribution in [1.82, 2.24) is 4.98 Å². The van der Waals surface area contributed by atoms with Gasteiger partial charge in [0.1, 0.15) is 11.5 Å². The molecule has 100 valence electrons. The summed E-state index contributed by atoms with van der Waals surface area (Å²) in [6.45, 7) is 0. The van der Waals surface area contributed by atoms with Gasteiger partial charge >= 0.3 is 11.0 Å². The normalized spacial score (nSPS) is 10.4. The molecule has 0 aliphatic carbocycles. The fourth-order valence-corrected chi connectivity index (χ4v) is 2.83. The summed E-state index contributed by atoms with van der Waals surface area (Å²) in [4.78, 5) is 4.44. The number of nitrogen functional groups attached to an aromatic ring is 1. The van der Waals surface area contributed by atoms with Gasteiger partial charge in [0.25, 0.3) is 0 Å². The highest BCUT2D eigenvalue weighted by atomic mass is 32.1. The molecule has 3 aromatic rings. The summed E-state index contributed by atoms with van der Waals surface area (Å²) in [7, 11) is 1.66. The summed E-state index contributed by atoms with van der Waals surface area (Å²) in [6, 6.07) is 17.8. The van der Waals surface area contributed by atoms with Crippen molar-refractivity contribution < 1.29 is 8.69 Å². The SMILES string of the molecule is COc1ccccc1-[n+]1sc(N)nc1-c1ccccc1. The molecule has 1 aromatic heterocycles. The molecule has 0 amide bonds. The number of rotatable bonds is 3. The molecule has 20 heavy (non-hydrogen) atoms. The summed E-state index contributed by atoms with van der Waals surface area (Å²) in [5.41, 5.74) is 7.84. The molecule has 0 radical (unpaired) electrons. The first-order chi connectivity index (χ1) is 9.79. The molecule has 0 atom stereocenters. The Morgan fingerprint density at radius 1 is 1.05 bits per heavy atom. The Morgan fingerprint density at radius 3 is 2.50 bits per heavy atom. The minimum absolute atomic E-state index is 0.523. The molecule has 0 saturated carbocycles. The van der Waals surface area contributed by atoms with E-state index in [1.807, 2.05) is 58.6 Å². The minimum atomic E-state index is 0.523. The molecular formula is C15H14N3OS+. The van der Waals surface area contributed by atoms with E-state index in [4.69, 9.17) is 10.5 Å². The maximum absolute atomic E-state index is 5.89. The zero-order valence-electron chi connectivity index (χ0n) is 11.0. The molecule has 0 bridgehead atoms. The van der Waals surface area contributed by atoms with Gasteiger partial charge in [-0.15, -0.1) is 3.96 Å². The van der Waals surface area contributed by atoms with Crippen molar-refractivity contribution in [3.8, 4) is 22.8 Å². The van der Waals surface area contributed by atoms with E-state index in [0.717, 1.165) is 22.8 Å². The van der Waals surface area contributed by atoms with E-state index < -0.39 is 0 Å². The van der Waals surface area contributed by atoms with Crippen LogP contribution in [0.3, 0.4) is 0 Å². The fourth-order valence-electron chi connectivity index (χ4n) is 2.04. The van der Waals surface area contributed by atoms with Crippen LogP contribution in [0.1, 0.15) is 0 Å². The number of aromatic nitrogens is 2. The van der Waals surface area contributed by atoms with E-state index >= 15 is 0 Å². The van der Waals surface area contributed by atoms with Crippen LogP contribution in [-0.2, 0) is 0 Å². The quantitative estimate of drug-likeness (QED) is 0.752. The number of hydrogen-bond acceptors (Lipinski definition) is 4. The van der Waals surface area contributed by atoms with E-state index in [0.29, 0.717) is 5.13 Å². The Labute approximate surface area is 121 Å². The van der Waals surface area contributed by atoms with Crippen LogP contribution in [0.25, 0.3) is 17.1 Å². The molecule has 1 heterocycles. The van der Waals surface area contributed by atoms with Crippen LogP contribution in [0.5, 0.6) is 5.75 Å². The lowest BCUT2D eigenvalue weighted by atomic mass is 10.2. The first-order valence-electron chi connectivity index (χ1n) is 6.17. The third kappa shape index (κ3) is 2.23. The summed E-state index contributed by atoms with van der Waals surface area (Å²) in [6.07, 6.45) is 0. The number of ether oxygens (including phenoxy) is 1. The smallest absolute Gasteiger partial charge is 0.350 e. The van der Waals surface area contributed by atoms with Crippen molar-refractivity contribution in [3.05, 3.63) is 54.6 Å². The number of para-hydroxylation sites is 2. The maximum atomic E-state index is 5.89. The minimum Gasteiger partial charge on any atom is -0.492 e. The molecule has 5 heteroatoms. The van der Waals surface area contributed by atoms with Crippen LogP contribution < -0.4 is 14.4 Å². The van der Waals surface area contributed by atoms with E-state index in [2.05, 4.69) is 4.98 Å². The highest BCUT2D eigenvalue weighted by Gasteiger charge is 2.24. The van der Waals surface area contributed by atoms with E-state index in [-0.39, 0.29) is 0 Å². The zero-order valence-corrected chi connectivity index (χ0v) is 11.8. The van der Waals surface area contributed by atoms with Crippen molar-refractivity contribution >= 4 is 16.7 Å². The number of hydrogen-bond donors (Lipinski definition) is 1. The van der Waals surface area contributed by atoms with Crippen molar-refractivity contribution in [3.63, 3.8) is 0 Å². The second kappa shape index (κ2) is 5.30. The van der Waals surface area contributed by atoms with E-state index in [1.54, 1.807) is 7.11 Å². The van der Waals surface area contributed by atoms with Crippen molar-refractivity contribution in [1.29, 1.82) is 0 Å². The zero-order chi connectivity index (χ0) is 13.9. The lowest BCUT2D eigenvalue weighted by Crippen LogP contribution is -2.28. The number of anilines is 1. The molecule has 0 fully saturated rings. The highest BCUT2D eigenvalue weighted by molar-refractivity contribution is 7.05. The fraction of sp³-hybridized carbons (Fsp3) is 0.0667. The lowest BCUT2D eigenvalue weighted by Gasteiger charge is -2.04. The van der Waals surface area contributed by atoms with Gasteiger partial charge in [0.15, 0.2) is 11.4 Å². The average molecular weight is 284 g/mol. The Morgan fingerprint density at radius 2 is 1.75 bits per heavy atom. The van der Waals surface area contributed by atoms with Crippen molar-refractivity contribution in [2.24, 2.45) is 0 Å². The third-order valence-electron chi connectivity index (χ3n) is 2.93. The van der Waals surface area contributed by atoms with Crippen LogP contribution >= 0.6 is 11.5 Å². The van der Waals surface area contributed by atoms with Crippen LogP contribution in [0.2, 0.25) is 0 Å². The van der Waals surface area contributed by atoms with Gasteiger partial charge in [-0.25, -0.2) is 0 Å². The first-order valence-corrected chi connectivity index (χ1v) is 6.94. The number of nitrogens with zero attached hydrogens (tertiary/aromatic N) is 2. The molecule has 0 aliphatic heterocycles. The van der Waals surface area contributed by atoms with Gasteiger partial charge in [-0.2, -0.15) is 0 Å². The monoisotopic (exact) mass is 284 g/mol. The Balaban J connectivity index is 2.20. The first kappa shape index (κ1) is 12.6. The van der Waals surface area contributed by atoms with Crippen molar-refractivity contribution in [2.75, 3.05) is 12.8 Å². The van der Waals surface area contributed by atoms with E-state index in [1.165, 1.54) is 11.5 Å². The summed E-state index contributed by atoms with van der Waals surface area (Å²) in [5.74, 6) is 1.61. The summed E-state index contributed by atoms with van der Waals surface area (Å²) < 4.78 is 7.41. The van der Waals surface area contributed by atoms with Crippen LogP contribution in [0, 0.1) is 0 Å². The largest absolute Gasteiger partial charge is 0.492 e. The lowest BCUT2D eigenvalue weighted by molar-refractivity contribution is -0.510. The second-order valence-corrected chi connectivity index (χ2v) is 5.16. The Kier molecular flexibility index (Phi) is 3.35. The van der Waals surface area contributed by atoms with Crippen LogP contribution in [0.15, 0.2) is 54.6 Å². The molecule has 2 aromatic carbocycles. The van der Waals surface area contributed by atoms with Gasteiger partial charge in [0, 0.05) is 0 Å². The molecule has 0 aliphatic rings. The number of nitrogens with two attached hydrogens (primary N) is 1. The molecule has 4 nitrogen and oxygen atoms in total. The van der Waals surface area contributed by atoms with Gasteiger partial charge < -0.3 is 10.5 Å². The standard InChI is InChI=1S/C15H13N3OS/c1-19-13-10-6-5-9-12(13)18-14(17-15(16)20-18)11-7-3-2-4-8-11/h2-10,16H,1H3/p+1. The predicted molar refractivity (Wildman–Crippen MR) is 80.0 cm³/mol. The Bertz CT molecular complexity index is 725. The van der Waals surface area contributed by atoms with Gasteiger partial charge in [-0.1, -0.05) is 30.3 Å². The van der Waals surface area contributed by atoms with Gasteiger partial charge in [0.2, 0.25) is 0 Å². The molecule has 2 N–H and O–H groups in total. The molecule has 3 rings (SSSR count). The average Bonchev–Trinajstić information content (AvgIpc) is 2.90. The van der Waals surface area contributed by atoms with Gasteiger partial charge in [0.05, 0.1) is 12.7 Å². The van der Waals surface area contributed by atoms with Crippen LogP contribution in [0.4, 0.5) is 5.13 Å². The predicted octanol–water partition coefficient (Wildman–Crippen LogP) is 2.68. The van der Waals surface area contributed by atoms with Crippen molar-refractivity contribution in [2.45, 2.75) is 0 Å². The summed E-state index contributed by atoms with van der Waals surface area (Å²) in [5, 5.41) is 0.523.